The maximum absolute atomic E-state index is 14.5. The molecule has 1 aliphatic heterocycles. The summed E-state index contributed by atoms with van der Waals surface area (Å²) in [5.74, 6) is -0.333. The molecule has 0 bridgehead atoms. The minimum atomic E-state index is -0.404. The number of anilines is 1. The summed E-state index contributed by atoms with van der Waals surface area (Å²) in [6.07, 6.45) is 0.621. The molecule has 0 spiro atoms. The smallest absolute Gasteiger partial charge is 0.261 e. The molecule has 0 saturated carbocycles. The Balaban J connectivity index is 1.90. The minimum absolute atomic E-state index is 0.195. The Hall–Kier alpha value is -2.21. The van der Waals surface area contributed by atoms with E-state index in [4.69, 9.17) is 4.52 Å². The quantitative estimate of drug-likeness (QED) is 0.890. The highest BCUT2D eigenvalue weighted by Crippen LogP contribution is 2.25. The molecular formula is C15H16FN3O2. The van der Waals surface area contributed by atoms with E-state index in [1.165, 1.54) is 0 Å². The lowest BCUT2D eigenvalue weighted by molar-refractivity contribution is 0.102. The number of carbonyl (C=O) groups is 1. The van der Waals surface area contributed by atoms with Crippen molar-refractivity contribution in [3.63, 3.8) is 0 Å². The fourth-order valence-corrected chi connectivity index (χ4v) is 2.62. The summed E-state index contributed by atoms with van der Waals surface area (Å²) in [6.45, 7) is 4.74. The highest BCUT2D eigenvalue weighted by molar-refractivity contribution is 6.05. The number of fused-ring (bicyclic) bond motifs is 1. The van der Waals surface area contributed by atoms with Crippen LogP contribution in [0.3, 0.4) is 0 Å². The van der Waals surface area contributed by atoms with Crippen molar-refractivity contribution >= 4 is 11.6 Å². The van der Waals surface area contributed by atoms with E-state index in [1.807, 2.05) is 6.07 Å². The average molecular weight is 289 g/mol. The van der Waals surface area contributed by atoms with Crippen LogP contribution < -0.4 is 10.6 Å². The first-order valence-electron chi connectivity index (χ1n) is 6.83. The molecule has 0 aliphatic carbocycles. The number of aromatic nitrogens is 1. The standard InChI is InChI=1S/C15H16FN3O2/c1-8-13(9(2)21-19-8)15(20)18-12-4-3-10-7-17-6-5-11(10)14(12)16/h3-4,17H,5-7H2,1-2H3,(H,18,20). The molecule has 3 rings (SSSR count). The van der Waals surface area contributed by atoms with Crippen LogP contribution >= 0.6 is 0 Å². The summed E-state index contributed by atoms with van der Waals surface area (Å²) >= 11 is 0. The fraction of sp³-hybridized carbons (Fsp3) is 0.333. The molecule has 0 atom stereocenters. The summed E-state index contributed by atoms with van der Waals surface area (Å²) < 4.78 is 19.4. The largest absolute Gasteiger partial charge is 0.361 e. The average Bonchev–Trinajstić information content (AvgIpc) is 2.81. The zero-order valence-corrected chi connectivity index (χ0v) is 11.9. The van der Waals surface area contributed by atoms with Gasteiger partial charge in [-0.05, 0) is 44.0 Å². The van der Waals surface area contributed by atoms with Crippen LogP contribution in [0, 0.1) is 19.7 Å². The Kier molecular flexibility index (Phi) is 3.47. The van der Waals surface area contributed by atoms with E-state index in [2.05, 4.69) is 15.8 Å². The van der Waals surface area contributed by atoms with Crippen molar-refractivity contribution in [1.82, 2.24) is 10.5 Å². The maximum Gasteiger partial charge on any atom is 0.261 e. The van der Waals surface area contributed by atoms with Gasteiger partial charge in [-0.1, -0.05) is 11.2 Å². The molecule has 2 N–H and O–H groups in total. The number of carbonyl (C=O) groups excluding carboxylic acids is 1. The van der Waals surface area contributed by atoms with Gasteiger partial charge < -0.3 is 15.2 Å². The molecule has 1 aromatic carbocycles. The maximum atomic E-state index is 14.5. The van der Waals surface area contributed by atoms with Gasteiger partial charge in [-0.2, -0.15) is 0 Å². The van der Waals surface area contributed by atoms with Crippen molar-refractivity contribution in [2.24, 2.45) is 0 Å². The molecule has 0 fully saturated rings. The van der Waals surface area contributed by atoms with E-state index in [1.54, 1.807) is 19.9 Å². The van der Waals surface area contributed by atoms with E-state index in [9.17, 15) is 9.18 Å². The first-order chi connectivity index (χ1) is 10.1. The normalized spacial score (nSPS) is 13.9. The summed E-state index contributed by atoms with van der Waals surface area (Å²) in [6, 6.07) is 3.44. The molecule has 1 aromatic heterocycles. The van der Waals surface area contributed by atoms with Crippen molar-refractivity contribution in [2.75, 3.05) is 11.9 Å². The van der Waals surface area contributed by atoms with Gasteiger partial charge in [0.1, 0.15) is 17.1 Å². The SMILES string of the molecule is Cc1noc(C)c1C(=O)Nc1ccc2c(c1F)CCNC2. The van der Waals surface area contributed by atoms with E-state index < -0.39 is 5.91 Å². The zero-order valence-electron chi connectivity index (χ0n) is 11.9. The lowest BCUT2D eigenvalue weighted by Crippen LogP contribution is -2.25. The molecule has 110 valence electrons. The molecule has 1 aliphatic rings. The molecular weight excluding hydrogens is 273 g/mol. The second kappa shape index (κ2) is 5.29. The van der Waals surface area contributed by atoms with Gasteiger partial charge in [0.25, 0.3) is 5.91 Å². The van der Waals surface area contributed by atoms with E-state index in [-0.39, 0.29) is 11.5 Å². The van der Waals surface area contributed by atoms with Crippen molar-refractivity contribution in [2.45, 2.75) is 26.8 Å². The van der Waals surface area contributed by atoms with Crippen LogP contribution in [0.4, 0.5) is 10.1 Å². The molecule has 6 heteroatoms. The predicted molar refractivity (Wildman–Crippen MR) is 75.7 cm³/mol. The predicted octanol–water partition coefficient (Wildman–Crippen LogP) is 2.33. The van der Waals surface area contributed by atoms with Crippen LogP contribution in [0.1, 0.15) is 32.9 Å². The van der Waals surface area contributed by atoms with Crippen LogP contribution in [0.2, 0.25) is 0 Å². The Labute approximate surface area is 121 Å². The number of amides is 1. The highest BCUT2D eigenvalue weighted by Gasteiger charge is 2.21. The van der Waals surface area contributed by atoms with Gasteiger partial charge in [0, 0.05) is 6.54 Å². The van der Waals surface area contributed by atoms with Gasteiger partial charge in [0.2, 0.25) is 0 Å². The van der Waals surface area contributed by atoms with Crippen LogP contribution in [-0.2, 0) is 13.0 Å². The van der Waals surface area contributed by atoms with E-state index in [0.29, 0.717) is 35.5 Å². The van der Waals surface area contributed by atoms with Gasteiger partial charge in [0.05, 0.1) is 11.4 Å². The van der Waals surface area contributed by atoms with Gasteiger partial charge in [-0.25, -0.2) is 4.39 Å². The second-order valence-electron chi connectivity index (χ2n) is 5.14. The highest BCUT2D eigenvalue weighted by atomic mass is 19.1. The minimum Gasteiger partial charge on any atom is -0.361 e. The Morgan fingerprint density at radius 2 is 2.24 bits per heavy atom. The third-order valence-corrected chi connectivity index (χ3v) is 3.72. The lowest BCUT2D eigenvalue weighted by atomic mass is 9.99. The fourth-order valence-electron chi connectivity index (χ4n) is 2.62. The number of nitrogens with zero attached hydrogens (tertiary/aromatic N) is 1. The Bertz CT molecular complexity index is 690. The van der Waals surface area contributed by atoms with Gasteiger partial charge in [-0.15, -0.1) is 0 Å². The lowest BCUT2D eigenvalue weighted by Gasteiger charge is -2.19. The van der Waals surface area contributed by atoms with Gasteiger partial charge in [0.15, 0.2) is 0 Å². The summed E-state index contributed by atoms with van der Waals surface area (Å²) in [5.41, 5.74) is 2.65. The summed E-state index contributed by atoms with van der Waals surface area (Å²) in [7, 11) is 0. The number of halogens is 1. The van der Waals surface area contributed by atoms with Crippen molar-refractivity contribution in [3.8, 4) is 0 Å². The first kappa shape index (κ1) is 13.8. The number of nitrogens with one attached hydrogen (secondary N) is 2. The van der Waals surface area contributed by atoms with Gasteiger partial charge in [-0.3, -0.25) is 4.79 Å². The molecule has 0 radical (unpaired) electrons. The number of hydrogen-bond donors (Lipinski definition) is 2. The Morgan fingerprint density at radius 3 is 2.95 bits per heavy atom. The number of aryl methyl sites for hydroxylation is 2. The molecule has 21 heavy (non-hydrogen) atoms. The van der Waals surface area contributed by atoms with Crippen molar-refractivity contribution < 1.29 is 13.7 Å². The number of rotatable bonds is 2. The third-order valence-electron chi connectivity index (χ3n) is 3.72. The zero-order chi connectivity index (χ0) is 15.0. The molecule has 2 heterocycles. The van der Waals surface area contributed by atoms with Crippen LogP contribution in [0.25, 0.3) is 0 Å². The van der Waals surface area contributed by atoms with Crippen molar-refractivity contribution in [1.29, 1.82) is 0 Å². The monoisotopic (exact) mass is 289 g/mol. The molecule has 0 saturated heterocycles. The second-order valence-corrected chi connectivity index (χ2v) is 5.14. The summed E-state index contributed by atoms with van der Waals surface area (Å²) in [4.78, 5) is 12.2. The molecule has 5 nitrogen and oxygen atoms in total. The number of benzene rings is 1. The van der Waals surface area contributed by atoms with E-state index >= 15 is 0 Å². The first-order valence-corrected chi connectivity index (χ1v) is 6.83. The molecule has 1 amide bonds. The number of hydrogen-bond acceptors (Lipinski definition) is 4. The molecule has 2 aromatic rings. The van der Waals surface area contributed by atoms with Gasteiger partial charge >= 0.3 is 0 Å². The Morgan fingerprint density at radius 1 is 1.43 bits per heavy atom. The van der Waals surface area contributed by atoms with Crippen LogP contribution in [0.5, 0.6) is 0 Å². The van der Waals surface area contributed by atoms with Crippen LogP contribution in [0.15, 0.2) is 16.7 Å². The van der Waals surface area contributed by atoms with Crippen molar-refractivity contribution in [3.05, 3.63) is 46.1 Å². The van der Waals surface area contributed by atoms with Crippen LogP contribution in [-0.4, -0.2) is 17.6 Å². The third kappa shape index (κ3) is 2.42. The van der Waals surface area contributed by atoms with E-state index in [0.717, 1.165) is 12.1 Å². The topological polar surface area (TPSA) is 67.2 Å². The summed E-state index contributed by atoms with van der Waals surface area (Å²) in [5, 5.41) is 9.53. The molecule has 0 unspecified atom stereocenters.